The van der Waals surface area contributed by atoms with Crippen LogP contribution in [0.5, 0.6) is 0 Å². The van der Waals surface area contributed by atoms with Crippen LogP contribution in [0.3, 0.4) is 0 Å². The number of nitrogens with zero attached hydrogens (tertiary/aromatic N) is 3. The van der Waals surface area contributed by atoms with Gasteiger partial charge in [0.1, 0.15) is 5.82 Å². The average Bonchev–Trinajstić information content (AvgIpc) is 3.46. The van der Waals surface area contributed by atoms with Crippen LogP contribution < -0.4 is 4.90 Å². The lowest BCUT2D eigenvalue weighted by Crippen LogP contribution is -2.26. The van der Waals surface area contributed by atoms with E-state index in [1.54, 1.807) is 0 Å². The quantitative estimate of drug-likeness (QED) is 0.253. The van der Waals surface area contributed by atoms with Crippen LogP contribution >= 0.6 is 0 Å². The second-order valence-corrected chi connectivity index (χ2v) is 10.2. The molecule has 0 amide bonds. The molecule has 35 heavy (non-hydrogen) atoms. The molecule has 0 saturated carbocycles. The lowest BCUT2D eigenvalue weighted by Gasteiger charge is -2.39. The van der Waals surface area contributed by atoms with Crippen molar-refractivity contribution in [2.75, 3.05) is 4.90 Å². The first-order valence-electron chi connectivity index (χ1n) is 12.4. The molecule has 9 rings (SSSR count). The molecule has 3 aromatic carbocycles. The van der Waals surface area contributed by atoms with Crippen molar-refractivity contribution < 1.29 is 0 Å². The number of hydrogen-bond donors (Lipinski definition) is 0. The molecular formula is C32H21N3. The summed E-state index contributed by atoms with van der Waals surface area (Å²) in [7, 11) is 0. The second-order valence-electron chi connectivity index (χ2n) is 10.2. The van der Waals surface area contributed by atoms with Gasteiger partial charge in [0.2, 0.25) is 0 Å². The summed E-state index contributed by atoms with van der Waals surface area (Å²) in [5.41, 5.74) is 19.8. The van der Waals surface area contributed by atoms with Gasteiger partial charge in [-0.25, -0.2) is 4.98 Å². The molecule has 0 fully saturated rings. The molecule has 164 valence electrons. The molecule has 0 bridgehead atoms. The minimum atomic E-state index is 0.938. The number of benzene rings is 3. The van der Waals surface area contributed by atoms with Gasteiger partial charge >= 0.3 is 0 Å². The lowest BCUT2D eigenvalue weighted by atomic mass is 9.83. The maximum absolute atomic E-state index is 4.85. The highest BCUT2D eigenvalue weighted by atomic mass is 15.2. The zero-order valence-electron chi connectivity index (χ0n) is 19.2. The molecule has 5 aromatic rings. The maximum atomic E-state index is 4.85. The average molecular weight is 448 g/mol. The van der Waals surface area contributed by atoms with Crippen molar-refractivity contribution in [2.45, 2.75) is 25.7 Å². The molecule has 0 radical (unpaired) electrons. The van der Waals surface area contributed by atoms with Gasteiger partial charge in [-0.2, -0.15) is 0 Å². The molecule has 0 atom stereocenters. The molecule has 2 aliphatic heterocycles. The summed E-state index contributed by atoms with van der Waals surface area (Å²) in [5, 5.41) is 0. The molecule has 0 saturated heterocycles. The fraction of sp³-hybridized carbons (Fsp3) is 0.125. The van der Waals surface area contributed by atoms with Crippen LogP contribution in [0.15, 0.2) is 79.3 Å². The molecule has 4 heterocycles. The molecule has 0 spiro atoms. The molecule has 3 heteroatoms. The molecule has 3 nitrogen and oxygen atoms in total. The predicted octanol–water partition coefficient (Wildman–Crippen LogP) is 6.90. The first kappa shape index (κ1) is 18.1. The Bertz CT molecular complexity index is 1750. The van der Waals surface area contributed by atoms with Crippen molar-refractivity contribution in [1.82, 2.24) is 9.97 Å². The van der Waals surface area contributed by atoms with Gasteiger partial charge in [0, 0.05) is 25.2 Å². The van der Waals surface area contributed by atoms with E-state index >= 15 is 0 Å². The van der Waals surface area contributed by atoms with Gasteiger partial charge in [-0.3, -0.25) is 9.88 Å². The van der Waals surface area contributed by atoms with Crippen LogP contribution in [-0.2, 0) is 25.7 Å². The summed E-state index contributed by atoms with van der Waals surface area (Å²) in [6.07, 6.45) is 9.78. The van der Waals surface area contributed by atoms with Crippen LogP contribution in [0.25, 0.3) is 22.3 Å². The van der Waals surface area contributed by atoms with E-state index < -0.39 is 0 Å². The summed E-state index contributed by atoms with van der Waals surface area (Å²) < 4.78 is 0. The number of pyridine rings is 2. The van der Waals surface area contributed by atoms with E-state index in [1.165, 1.54) is 78.1 Å². The fourth-order valence-corrected chi connectivity index (χ4v) is 7.06. The van der Waals surface area contributed by atoms with Crippen molar-refractivity contribution in [2.24, 2.45) is 0 Å². The number of rotatable bonds is 0. The first-order valence-corrected chi connectivity index (χ1v) is 12.4. The van der Waals surface area contributed by atoms with E-state index in [-0.39, 0.29) is 0 Å². The Kier molecular flexibility index (Phi) is 3.24. The summed E-state index contributed by atoms with van der Waals surface area (Å²) in [6.45, 7) is 0. The van der Waals surface area contributed by atoms with E-state index in [0.717, 1.165) is 31.5 Å². The van der Waals surface area contributed by atoms with Crippen molar-refractivity contribution in [1.29, 1.82) is 0 Å². The molecule has 4 aliphatic rings. The van der Waals surface area contributed by atoms with Gasteiger partial charge in [-0.15, -0.1) is 0 Å². The summed E-state index contributed by atoms with van der Waals surface area (Å²) in [6, 6.07) is 22.7. The van der Waals surface area contributed by atoms with Gasteiger partial charge in [-0.1, -0.05) is 42.5 Å². The van der Waals surface area contributed by atoms with Crippen LogP contribution in [-0.4, -0.2) is 9.97 Å². The SMILES string of the molecule is c1ccc2c(c1)Cc1ccc3c(c1-2)Cc1c-3cc2c3c1Cc1cccnc1N3c1cnccc1C2. The molecule has 2 aromatic heterocycles. The fourth-order valence-electron chi connectivity index (χ4n) is 7.06. The zero-order chi connectivity index (χ0) is 22.7. The third-order valence-corrected chi connectivity index (χ3v) is 8.49. The number of fused-ring (bicyclic) bond motifs is 12. The maximum Gasteiger partial charge on any atom is 0.141 e. The standard InChI is InChI=1S/C32H21N3/c1-2-6-23-18(4-1)12-20-7-8-24-25-15-22-13-19-9-11-33-17-29(19)35-31(22)28(26(25)16-27(24)30(20)23)14-21-5-3-10-34-32(21)35/h1-11,15,17H,12-14,16H2. The van der Waals surface area contributed by atoms with Crippen molar-refractivity contribution in [3.8, 4) is 22.3 Å². The molecular weight excluding hydrogens is 426 g/mol. The Hall–Kier alpha value is -4.24. The van der Waals surface area contributed by atoms with E-state index in [2.05, 4.69) is 70.5 Å². The van der Waals surface area contributed by atoms with E-state index in [4.69, 9.17) is 4.98 Å². The Morgan fingerprint density at radius 3 is 2.51 bits per heavy atom. The first-order chi connectivity index (χ1) is 17.3. The molecule has 0 N–H and O–H groups in total. The van der Waals surface area contributed by atoms with E-state index in [9.17, 15) is 0 Å². The van der Waals surface area contributed by atoms with Crippen LogP contribution in [0.1, 0.15) is 44.5 Å². The van der Waals surface area contributed by atoms with Gasteiger partial charge in [0.25, 0.3) is 0 Å². The topological polar surface area (TPSA) is 29.0 Å². The normalized spacial score (nSPS) is 14.9. The number of hydrogen-bond acceptors (Lipinski definition) is 3. The highest BCUT2D eigenvalue weighted by molar-refractivity contribution is 5.95. The van der Waals surface area contributed by atoms with Crippen LogP contribution in [0.4, 0.5) is 17.2 Å². The Balaban J connectivity index is 1.32. The lowest BCUT2D eigenvalue weighted by molar-refractivity contribution is 0.961. The van der Waals surface area contributed by atoms with Crippen LogP contribution in [0, 0.1) is 0 Å². The van der Waals surface area contributed by atoms with Crippen molar-refractivity contribution >= 4 is 17.2 Å². The third kappa shape index (κ3) is 2.21. The second kappa shape index (κ2) is 6.25. The Morgan fingerprint density at radius 2 is 1.51 bits per heavy atom. The molecule has 2 aliphatic carbocycles. The van der Waals surface area contributed by atoms with Gasteiger partial charge in [0.05, 0.1) is 17.6 Å². The van der Waals surface area contributed by atoms with Gasteiger partial charge in [-0.05, 0) is 97.8 Å². The highest BCUT2D eigenvalue weighted by Gasteiger charge is 2.37. The summed E-state index contributed by atoms with van der Waals surface area (Å²) in [4.78, 5) is 11.7. The minimum absolute atomic E-state index is 0.938. The monoisotopic (exact) mass is 447 g/mol. The Labute approximate surface area is 203 Å². The van der Waals surface area contributed by atoms with E-state index in [0.29, 0.717) is 0 Å². The zero-order valence-corrected chi connectivity index (χ0v) is 19.2. The van der Waals surface area contributed by atoms with E-state index in [1.807, 2.05) is 18.6 Å². The van der Waals surface area contributed by atoms with Gasteiger partial charge in [0.15, 0.2) is 0 Å². The largest absolute Gasteiger partial charge is 0.292 e. The predicted molar refractivity (Wildman–Crippen MR) is 139 cm³/mol. The third-order valence-electron chi connectivity index (χ3n) is 8.49. The summed E-state index contributed by atoms with van der Waals surface area (Å²) in [5.74, 6) is 1.06. The summed E-state index contributed by atoms with van der Waals surface area (Å²) >= 11 is 0. The van der Waals surface area contributed by atoms with Crippen LogP contribution in [0.2, 0.25) is 0 Å². The van der Waals surface area contributed by atoms with Gasteiger partial charge < -0.3 is 0 Å². The number of anilines is 3. The smallest absolute Gasteiger partial charge is 0.141 e. The van der Waals surface area contributed by atoms with Crippen molar-refractivity contribution in [3.05, 3.63) is 124 Å². The number of aromatic nitrogens is 2. The van der Waals surface area contributed by atoms with Crippen molar-refractivity contribution in [3.63, 3.8) is 0 Å². The minimum Gasteiger partial charge on any atom is -0.292 e. The molecule has 0 unspecified atom stereocenters. The Morgan fingerprint density at radius 1 is 0.600 bits per heavy atom. The highest BCUT2D eigenvalue weighted by Crippen LogP contribution is 2.55.